The molecule has 0 aliphatic carbocycles. The summed E-state index contributed by atoms with van der Waals surface area (Å²) in [6, 6.07) is 0. The predicted molar refractivity (Wildman–Crippen MR) is 186 cm³/mol. The first-order chi connectivity index (χ1) is 25.6. The molecule has 0 aromatic carbocycles. The number of rotatable bonds is 16. The summed E-state index contributed by atoms with van der Waals surface area (Å²) in [5.41, 5.74) is 0. The molecule has 0 aromatic rings. The molecule has 312 valence electrons. The van der Waals surface area contributed by atoms with Crippen LogP contribution in [0.3, 0.4) is 0 Å². The number of unbranched alkanes of at least 4 members (excludes halogenated alkanes) is 1. The molecular weight excluding hydrogens is 712 g/mol. The molecule has 0 N–H and O–H groups in total. The van der Waals surface area contributed by atoms with Gasteiger partial charge in [0.1, 0.15) is 25.3 Å². The third kappa shape index (κ3) is 16.4. The Kier molecular flexibility index (Phi) is 23.6. The van der Waals surface area contributed by atoms with Gasteiger partial charge in [0.15, 0.2) is 18.7 Å². The van der Waals surface area contributed by atoms with E-state index in [1.165, 1.54) is 14.2 Å². The van der Waals surface area contributed by atoms with Crippen molar-refractivity contribution in [3.63, 3.8) is 0 Å². The van der Waals surface area contributed by atoms with Crippen LogP contribution in [0.2, 0.25) is 0 Å². The van der Waals surface area contributed by atoms with Crippen LogP contribution in [0.1, 0.15) is 119 Å². The predicted octanol–water partition coefficient (Wildman–Crippen LogP) is 3.98. The lowest BCUT2D eigenvalue weighted by molar-refractivity contribution is -0.634. The number of carbonyl (C=O) groups is 4. The van der Waals surface area contributed by atoms with E-state index < -0.39 is 36.7 Å². The summed E-state index contributed by atoms with van der Waals surface area (Å²) in [7, 11) is 2.99. The third-order valence-corrected chi connectivity index (χ3v) is 9.91. The minimum atomic E-state index is -2.23. The highest BCUT2D eigenvalue weighted by molar-refractivity contribution is 5.70. The monoisotopic (exact) mass is 775 g/mol. The number of carbonyl (C=O) groups excluding carboxylic acids is 6. The molecule has 3 aliphatic heterocycles. The SMILES string of the molecule is CCCC(=O)OCC1O[C@@H](OC)C(OC2([O-])CCCCC(=O)O2)[C@@H](C)[C@@H]1C.CCCCC(=O)OC1[C@H](OC)OC(COC(=O)CCC)[C@@H](C)[C@@H]1C.O=C=O. The van der Waals surface area contributed by atoms with Gasteiger partial charge in [-0.15, -0.1) is 0 Å². The summed E-state index contributed by atoms with van der Waals surface area (Å²) in [5.74, 6) is -3.55. The van der Waals surface area contributed by atoms with E-state index in [2.05, 4.69) is 0 Å². The fourth-order valence-electron chi connectivity index (χ4n) is 6.22. The van der Waals surface area contributed by atoms with E-state index in [9.17, 15) is 24.3 Å². The molecule has 3 saturated heterocycles. The summed E-state index contributed by atoms with van der Waals surface area (Å²) in [6.45, 7) is 14.1. The van der Waals surface area contributed by atoms with Crippen molar-refractivity contribution in [3.8, 4) is 0 Å². The molecule has 0 aromatic heterocycles. The number of ether oxygens (including phenoxy) is 9. The molecule has 0 spiro atoms. The highest BCUT2D eigenvalue weighted by Crippen LogP contribution is 2.37. The molecule has 3 heterocycles. The first-order valence-corrected chi connectivity index (χ1v) is 19.1. The zero-order chi connectivity index (χ0) is 40.8. The second-order valence-electron chi connectivity index (χ2n) is 13.9. The first-order valence-electron chi connectivity index (χ1n) is 19.1. The van der Waals surface area contributed by atoms with Crippen LogP contribution in [0, 0.1) is 23.7 Å². The van der Waals surface area contributed by atoms with Crippen LogP contribution >= 0.6 is 0 Å². The van der Waals surface area contributed by atoms with E-state index in [1.807, 2.05) is 48.5 Å². The van der Waals surface area contributed by atoms with E-state index in [0.29, 0.717) is 32.1 Å². The first kappa shape index (κ1) is 49.0. The zero-order valence-electron chi connectivity index (χ0n) is 33.5. The smallest absolute Gasteiger partial charge is 0.373 e. The summed E-state index contributed by atoms with van der Waals surface area (Å²) in [5, 5.41) is 12.9. The Hall–Kier alpha value is -2.98. The van der Waals surface area contributed by atoms with Crippen molar-refractivity contribution < 1.29 is 76.5 Å². The van der Waals surface area contributed by atoms with Crippen LogP contribution in [-0.4, -0.2) is 100 Å². The Morgan fingerprint density at radius 1 is 0.741 bits per heavy atom. The lowest BCUT2D eigenvalue weighted by Crippen LogP contribution is -2.59. The van der Waals surface area contributed by atoms with Crippen molar-refractivity contribution in [2.45, 2.75) is 162 Å². The van der Waals surface area contributed by atoms with Crippen LogP contribution in [0.5, 0.6) is 0 Å². The van der Waals surface area contributed by atoms with Crippen LogP contribution < -0.4 is 5.11 Å². The van der Waals surface area contributed by atoms with Crippen LogP contribution in [0.25, 0.3) is 0 Å². The van der Waals surface area contributed by atoms with Crippen LogP contribution in [0.4, 0.5) is 0 Å². The number of hydrogen-bond acceptors (Lipinski definition) is 16. The average Bonchev–Trinajstić information content (AvgIpc) is 3.30. The van der Waals surface area contributed by atoms with E-state index >= 15 is 0 Å². The van der Waals surface area contributed by atoms with Gasteiger partial charge in [-0.3, -0.25) is 19.2 Å². The largest absolute Gasteiger partial charge is 0.796 e. The lowest BCUT2D eigenvalue weighted by Gasteiger charge is -2.49. The van der Waals surface area contributed by atoms with Crippen molar-refractivity contribution >= 4 is 30.0 Å². The van der Waals surface area contributed by atoms with Crippen LogP contribution in [0.15, 0.2) is 0 Å². The highest BCUT2D eigenvalue weighted by Gasteiger charge is 2.46. The molecule has 0 bridgehead atoms. The van der Waals surface area contributed by atoms with Gasteiger partial charge >= 0.3 is 30.0 Å². The zero-order valence-corrected chi connectivity index (χ0v) is 33.5. The third-order valence-electron chi connectivity index (χ3n) is 9.91. The average molecular weight is 776 g/mol. The fraction of sp³-hybridized carbons (Fsp3) is 0.868. The lowest BCUT2D eigenvalue weighted by atomic mass is 9.83. The molecule has 16 nitrogen and oxygen atoms in total. The summed E-state index contributed by atoms with van der Waals surface area (Å²) >= 11 is 0. The maximum Gasteiger partial charge on any atom is 0.373 e. The van der Waals surface area contributed by atoms with Crippen molar-refractivity contribution in [2.24, 2.45) is 23.7 Å². The van der Waals surface area contributed by atoms with E-state index in [1.54, 1.807) is 0 Å². The van der Waals surface area contributed by atoms with Gasteiger partial charge in [0.25, 0.3) is 0 Å². The van der Waals surface area contributed by atoms with Gasteiger partial charge in [0.2, 0.25) is 0 Å². The van der Waals surface area contributed by atoms with Gasteiger partial charge in [0.05, 0.1) is 12.2 Å². The Balaban J connectivity index is 0.000000507. The molecule has 5 unspecified atom stereocenters. The van der Waals surface area contributed by atoms with Gasteiger partial charge in [0, 0.05) is 45.8 Å². The summed E-state index contributed by atoms with van der Waals surface area (Å²) in [6.07, 6.45) is 2.88. The Bertz CT molecular complexity index is 1150. The molecule has 0 saturated carbocycles. The summed E-state index contributed by atoms with van der Waals surface area (Å²) < 4.78 is 49.4. The van der Waals surface area contributed by atoms with Gasteiger partial charge < -0.3 is 47.7 Å². The Labute approximate surface area is 319 Å². The van der Waals surface area contributed by atoms with Crippen molar-refractivity contribution in [2.75, 3.05) is 27.4 Å². The van der Waals surface area contributed by atoms with E-state index in [0.717, 1.165) is 25.7 Å². The number of methoxy groups -OCH3 is 2. The molecule has 11 atom stereocenters. The Morgan fingerprint density at radius 2 is 1.22 bits per heavy atom. The molecule has 3 rings (SSSR count). The van der Waals surface area contributed by atoms with Crippen molar-refractivity contribution in [1.29, 1.82) is 0 Å². The second kappa shape index (κ2) is 26.0. The van der Waals surface area contributed by atoms with E-state index in [4.69, 9.17) is 52.2 Å². The van der Waals surface area contributed by atoms with Crippen LogP contribution in [-0.2, 0) is 71.4 Å². The van der Waals surface area contributed by atoms with Gasteiger partial charge in [-0.05, 0) is 56.3 Å². The molecular formula is C38H63O16-. The second-order valence-corrected chi connectivity index (χ2v) is 13.9. The van der Waals surface area contributed by atoms with Gasteiger partial charge in [-0.25, -0.2) is 0 Å². The van der Waals surface area contributed by atoms with E-state index in [-0.39, 0.29) is 86.0 Å². The summed E-state index contributed by atoms with van der Waals surface area (Å²) in [4.78, 5) is 63.1. The normalized spacial score (nSPS) is 32.1. The maximum absolute atomic E-state index is 12.9. The molecule has 3 fully saturated rings. The number of cyclic esters (lactones) is 1. The highest BCUT2D eigenvalue weighted by atomic mass is 16.8. The van der Waals surface area contributed by atoms with Crippen molar-refractivity contribution in [3.05, 3.63) is 0 Å². The standard InChI is InChI=1S/C19H31O8.C18H32O6.CO2/c1-5-8-15(20)24-11-14-12(2)13(3)17(18(23-4)25-14)27-19(22)10-7-6-9-16(21)26-19;1-6-8-10-16(20)24-17-13(4)12(3)14(23-18(17)21-5)11-22-15(19)9-7-2;2-1-3/h12-14,17-18H,5-11H2,1-4H3;12-14,17-18H,6-11H2,1-5H3;/q-1;;/t12-,13-,14?,17?,18+,19?;12-,13-,14?,17?,18+;/m00./s1. The number of esters is 4. The molecule has 0 amide bonds. The van der Waals surface area contributed by atoms with Crippen molar-refractivity contribution in [1.82, 2.24) is 0 Å². The minimum Gasteiger partial charge on any atom is -0.796 e. The minimum absolute atomic E-state index is 0.0455. The molecule has 0 radical (unpaired) electrons. The van der Waals surface area contributed by atoms with Gasteiger partial charge in [-0.2, -0.15) is 9.59 Å². The fourth-order valence-corrected chi connectivity index (χ4v) is 6.22. The maximum atomic E-state index is 12.9. The molecule has 16 heteroatoms. The van der Waals surface area contributed by atoms with Gasteiger partial charge in [-0.1, -0.05) is 54.9 Å². The topological polar surface area (TPSA) is 209 Å². The quantitative estimate of drug-likeness (QED) is 0.123. The Morgan fingerprint density at radius 3 is 1.69 bits per heavy atom. The molecule has 3 aliphatic rings. The molecule has 54 heavy (non-hydrogen) atoms. The number of hydrogen-bond donors (Lipinski definition) is 0.